The van der Waals surface area contributed by atoms with Crippen molar-refractivity contribution >= 4 is 28.3 Å². The number of hydrogen-bond acceptors (Lipinski definition) is 5. The van der Waals surface area contributed by atoms with Crippen molar-refractivity contribution in [2.75, 3.05) is 39.3 Å². The van der Waals surface area contributed by atoms with E-state index in [-0.39, 0.29) is 24.4 Å². The summed E-state index contributed by atoms with van der Waals surface area (Å²) in [6, 6.07) is 5.07. The summed E-state index contributed by atoms with van der Waals surface area (Å²) in [5, 5.41) is 3.06. The monoisotopic (exact) mass is 401 g/mol. The van der Waals surface area contributed by atoms with Gasteiger partial charge in [0.05, 0.1) is 18.0 Å². The lowest BCUT2D eigenvalue weighted by Crippen LogP contribution is -2.57. The first-order valence-electron chi connectivity index (χ1n) is 8.82. The number of piperazine rings is 1. The summed E-state index contributed by atoms with van der Waals surface area (Å²) in [7, 11) is -3.55. The fraction of sp³-hybridized carbons (Fsp3) is 0.588. The number of benzene rings is 1. The predicted molar refractivity (Wildman–Crippen MR) is 99.3 cm³/mol. The summed E-state index contributed by atoms with van der Waals surface area (Å²) in [6.45, 7) is 3.24. The van der Waals surface area contributed by atoms with Crippen LogP contribution in [-0.4, -0.2) is 68.9 Å². The molecule has 1 aromatic carbocycles. The minimum Gasteiger partial charge on any atom is -0.493 e. The van der Waals surface area contributed by atoms with E-state index < -0.39 is 10.0 Å². The Morgan fingerprint density at radius 3 is 2.88 bits per heavy atom. The van der Waals surface area contributed by atoms with Crippen molar-refractivity contribution in [3.05, 3.63) is 23.8 Å². The molecule has 2 fully saturated rings. The topological polar surface area (TPSA) is 79.0 Å². The molecule has 7 nitrogen and oxygen atoms in total. The van der Waals surface area contributed by atoms with E-state index >= 15 is 0 Å². The van der Waals surface area contributed by atoms with E-state index in [0.29, 0.717) is 37.7 Å². The zero-order chi connectivity index (χ0) is 17.4. The Hall–Kier alpha value is -1.35. The molecule has 26 heavy (non-hydrogen) atoms. The smallest absolute Gasteiger partial charge is 0.243 e. The van der Waals surface area contributed by atoms with Crippen molar-refractivity contribution < 1.29 is 17.9 Å². The van der Waals surface area contributed by atoms with Gasteiger partial charge in [-0.2, -0.15) is 4.31 Å². The van der Waals surface area contributed by atoms with Gasteiger partial charge in [0.2, 0.25) is 15.9 Å². The number of fused-ring (bicyclic) bond motifs is 1. The number of carbonyl (C=O) groups excluding carboxylic acids is 1. The van der Waals surface area contributed by atoms with Crippen molar-refractivity contribution in [1.29, 1.82) is 0 Å². The molecule has 144 valence electrons. The highest BCUT2D eigenvalue weighted by Crippen LogP contribution is 2.30. The summed E-state index contributed by atoms with van der Waals surface area (Å²) in [6.07, 6.45) is 2.38. The Labute approximate surface area is 160 Å². The van der Waals surface area contributed by atoms with Crippen LogP contribution in [0.4, 0.5) is 0 Å². The standard InChI is InChI=1S/C17H23N3O4S.ClH/c21-17-11-18-6-8-20(17)14-2-1-7-19(12-14)25(22,23)15-3-4-16-13(10-15)5-9-24-16;/h3-4,10,14,18H,1-2,5-9,11-12H2;1H. The van der Waals surface area contributed by atoms with Crippen LogP contribution >= 0.6 is 12.4 Å². The van der Waals surface area contributed by atoms with Gasteiger partial charge in [-0.1, -0.05) is 0 Å². The Bertz CT molecular complexity index is 786. The highest BCUT2D eigenvalue weighted by atomic mass is 35.5. The molecule has 4 rings (SSSR count). The molecule has 0 spiro atoms. The second-order valence-corrected chi connectivity index (χ2v) is 8.73. The molecule has 0 bridgehead atoms. The summed E-state index contributed by atoms with van der Waals surface area (Å²) in [5.74, 6) is 0.840. The molecule has 3 heterocycles. The average molecular weight is 402 g/mol. The number of nitrogens with one attached hydrogen (secondary N) is 1. The highest BCUT2D eigenvalue weighted by molar-refractivity contribution is 7.89. The maximum Gasteiger partial charge on any atom is 0.243 e. The number of amides is 1. The predicted octanol–water partition coefficient (Wildman–Crippen LogP) is 0.628. The Morgan fingerprint density at radius 2 is 2.08 bits per heavy atom. The number of rotatable bonds is 3. The van der Waals surface area contributed by atoms with E-state index in [1.54, 1.807) is 18.2 Å². The second-order valence-electron chi connectivity index (χ2n) is 6.79. The van der Waals surface area contributed by atoms with Crippen molar-refractivity contribution in [2.24, 2.45) is 0 Å². The minimum atomic E-state index is -3.55. The van der Waals surface area contributed by atoms with E-state index in [1.165, 1.54) is 4.31 Å². The Balaban J connectivity index is 0.00000196. The van der Waals surface area contributed by atoms with Crippen LogP contribution in [0.15, 0.2) is 23.1 Å². The van der Waals surface area contributed by atoms with Crippen LogP contribution in [0.25, 0.3) is 0 Å². The van der Waals surface area contributed by atoms with Crippen LogP contribution < -0.4 is 10.1 Å². The maximum absolute atomic E-state index is 13.1. The van der Waals surface area contributed by atoms with E-state index in [9.17, 15) is 13.2 Å². The number of nitrogens with zero attached hydrogens (tertiary/aromatic N) is 2. The molecule has 0 aromatic heterocycles. The number of ether oxygens (including phenoxy) is 1. The van der Waals surface area contributed by atoms with Crippen molar-refractivity contribution in [3.63, 3.8) is 0 Å². The average Bonchev–Trinajstić information content (AvgIpc) is 3.10. The van der Waals surface area contributed by atoms with Crippen LogP contribution in [0.2, 0.25) is 0 Å². The molecule has 1 amide bonds. The lowest BCUT2D eigenvalue weighted by atomic mass is 10.1. The number of sulfonamides is 1. The molecular formula is C17H24ClN3O4S. The van der Waals surface area contributed by atoms with Gasteiger partial charge in [-0.25, -0.2) is 8.42 Å². The Morgan fingerprint density at radius 1 is 1.23 bits per heavy atom. The van der Waals surface area contributed by atoms with Gasteiger partial charge < -0.3 is 15.0 Å². The third-order valence-electron chi connectivity index (χ3n) is 5.22. The largest absolute Gasteiger partial charge is 0.493 e. The SMILES string of the molecule is Cl.O=C1CNCCN1C1CCCN(S(=O)(=O)c2ccc3c(c2)CCO3)C1. The molecular weight excluding hydrogens is 378 g/mol. The van der Waals surface area contributed by atoms with Gasteiger partial charge >= 0.3 is 0 Å². The molecule has 9 heteroatoms. The van der Waals surface area contributed by atoms with Gasteiger partial charge in [0.25, 0.3) is 0 Å². The summed E-state index contributed by atoms with van der Waals surface area (Å²) in [4.78, 5) is 14.3. The quantitative estimate of drug-likeness (QED) is 0.803. The van der Waals surface area contributed by atoms with Crippen LogP contribution in [0, 0.1) is 0 Å². The summed E-state index contributed by atoms with van der Waals surface area (Å²) < 4.78 is 33.1. The van der Waals surface area contributed by atoms with Crippen LogP contribution in [0.3, 0.4) is 0 Å². The number of piperidine rings is 1. The zero-order valence-electron chi connectivity index (χ0n) is 14.5. The number of hydrogen-bond donors (Lipinski definition) is 1. The zero-order valence-corrected chi connectivity index (χ0v) is 16.2. The molecule has 1 aromatic rings. The normalized spacial score (nSPS) is 23.9. The molecule has 0 radical (unpaired) electrons. The van der Waals surface area contributed by atoms with Gasteiger partial charge in [-0.05, 0) is 36.6 Å². The fourth-order valence-corrected chi connectivity index (χ4v) is 5.44. The number of halogens is 1. The van der Waals surface area contributed by atoms with Gasteiger partial charge in [0.1, 0.15) is 5.75 Å². The van der Waals surface area contributed by atoms with E-state index in [4.69, 9.17) is 4.74 Å². The van der Waals surface area contributed by atoms with Crippen molar-refractivity contribution in [3.8, 4) is 5.75 Å². The molecule has 2 saturated heterocycles. The van der Waals surface area contributed by atoms with Gasteiger partial charge in [-0.3, -0.25) is 4.79 Å². The maximum atomic E-state index is 13.1. The number of carbonyl (C=O) groups is 1. The van der Waals surface area contributed by atoms with Crippen LogP contribution in [0.5, 0.6) is 5.75 Å². The molecule has 1 N–H and O–H groups in total. The van der Waals surface area contributed by atoms with Crippen molar-refractivity contribution in [1.82, 2.24) is 14.5 Å². The first-order chi connectivity index (χ1) is 12.1. The van der Waals surface area contributed by atoms with Crippen LogP contribution in [0.1, 0.15) is 18.4 Å². The molecule has 1 atom stereocenters. The second kappa shape index (κ2) is 7.72. The molecule has 1 unspecified atom stereocenters. The van der Waals surface area contributed by atoms with E-state index in [0.717, 1.165) is 37.1 Å². The van der Waals surface area contributed by atoms with E-state index in [2.05, 4.69) is 5.32 Å². The minimum absolute atomic E-state index is 0. The van der Waals surface area contributed by atoms with Gasteiger partial charge in [0, 0.05) is 38.6 Å². The third-order valence-corrected chi connectivity index (χ3v) is 7.09. The fourth-order valence-electron chi connectivity index (χ4n) is 3.87. The summed E-state index contributed by atoms with van der Waals surface area (Å²) >= 11 is 0. The molecule has 0 aliphatic carbocycles. The lowest BCUT2D eigenvalue weighted by molar-refractivity contribution is -0.135. The third kappa shape index (κ3) is 3.55. The van der Waals surface area contributed by atoms with Crippen LogP contribution in [-0.2, 0) is 21.2 Å². The molecule has 3 aliphatic heterocycles. The molecule has 3 aliphatic rings. The first-order valence-corrected chi connectivity index (χ1v) is 10.3. The summed E-state index contributed by atoms with van der Waals surface area (Å²) in [5.41, 5.74) is 0.951. The van der Waals surface area contributed by atoms with Gasteiger partial charge in [0.15, 0.2) is 0 Å². The van der Waals surface area contributed by atoms with E-state index in [1.807, 2.05) is 4.90 Å². The highest BCUT2D eigenvalue weighted by Gasteiger charge is 2.35. The van der Waals surface area contributed by atoms with Gasteiger partial charge in [-0.15, -0.1) is 12.4 Å². The lowest BCUT2D eigenvalue weighted by Gasteiger charge is -2.40. The molecule has 0 saturated carbocycles. The Kier molecular flexibility index (Phi) is 5.76. The first kappa shape index (κ1) is 19.4. The van der Waals surface area contributed by atoms with Crippen molar-refractivity contribution in [2.45, 2.75) is 30.2 Å².